The van der Waals surface area contributed by atoms with Crippen LogP contribution in [0.2, 0.25) is 0 Å². The van der Waals surface area contributed by atoms with Gasteiger partial charge in [0.1, 0.15) is 0 Å². The van der Waals surface area contributed by atoms with E-state index in [0.29, 0.717) is 0 Å². The molecule has 0 radical (unpaired) electrons. The van der Waals surface area contributed by atoms with E-state index in [1.165, 1.54) is 11.1 Å². The van der Waals surface area contributed by atoms with Crippen LogP contribution in [0.25, 0.3) is 16.5 Å². The molecule has 1 aliphatic heterocycles. The Morgan fingerprint density at radius 3 is 2.89 bits per heavy atom. The lowest BCUT2D eigenvalue weighted by molar-refractivity contribution is 0.101. The summed E-state index contributed by atoms with van der Waals surface area (Å²) < 4.78 is 0. The monoisotopic (exact) mass is 254 g/mol. The molecule has 19 heavy (non-hydrogen) atoms. The first kappa shape index (κ1) is 12.2. The predicted octanol–water partition coefficient (Wildman–Crippen LogP) is 3.09. The van der Waals surface area contributed by atoms with E-state index >= 15 is 0 Å². The SMILES string of the molecule is CC(=O)c1ccc2[nH]cc(C3=CCN(C)CC3)c2c1. The second kappa shape index (κ2) is 4.67. The minimum atomic E-state index is 0.117. The number of ketones is 1. The highest BCUT2D eigenvalue weighted by atomic mass is 16.1. The van der Waals surface area contributed by atoms with Gasteiger partial charge in [-0.25, -0.2) is 0 Å². The van der Waals surface area contributed by atoms with Crippen molar-refractivity contribution >= 4 is 22.3 Å². The van der Waals surface area contributed by atoms with Crippen LogP contribution in [0.3, 0.4) is 0 Å². The van der Waals surface area contributed by atoms with Gasteiger partial charge >= 0.3 is 0 Å². The highest BCUT2D eigenvalue weighted by molar-refractivity contribution is 6.01. The van der Waals surface area contributed by atoms with E-state index in [1.54, 1.807) is 6.92 Å². The first-order valence-corrected chi connectivity index (χ1v) is 6.65. The third-order valence-electron chi connectivity index (χ3n) is 3.85. The number of hydrogen-bond donors (Lipinski definition) is 1. The van der Waals surface area contributed by atoms with Crippen molar-refractivity contribution in [2.45, 2.75) is 13.3 Å². The molecule has 0 spiro atoms. The zero-order valence-corrected chi connectivity index (χ0v) is 11.4. The summed E-state index contributed by atoms with van der Waals surface area (Å²) in [5.74, 6) is 0.117. The molecule has 1 aliphatic rings. The van der Waals surface area contributed by atoms with E-state index in [2.05, 4.69) is 29.2 Å². The van der Waals surface area contributed by atoms with Crippen LogP contribution < -0.4 is 0 Å². The standard InChI is InChI=1S/C16H18N2O/c1-11(19)13-3-4-16-14(9-13)15(10-17-16)12-5-7-18(2)8-6-12/h3-5,9-10,17H,6-8H2,1-2H3. The van der Waals surface area contributed by atoms with Gasteiger partial charge in [-0.05, 0) is 44.2 Å². The van der Waals surface area contributed by atoms with Gasteiger partial charge in [-0.2, -0.15) is 0 Å². The molecule has 0 aliphatic carbocycles. The zero-order chi connectivity index (χ0) is 13.4. The van der Waals surface area contributed by atoms with Crippen molar-refractivity contribution in [2.75, 3.05) is 20.1 Å². The number of nitrogens with one attached hydrogen (secondary N) is 1. The highest BCUT2D eigenvalue weighted by Crippen LogP contribution is 2.29. The molecule has 0 fully saturated rings. The molecule has 1 aromatic heterocycles. The number of hydrogen-bond acceptors (Lipinski definition) is 2. The van der Waals surface area contributed by atoms with Crippen molar-refractivity contribution in [2.24, 2.45) is 0 Å². The lowest BCUT2D eigenvalue weighted by Crippen LogP contribution is -2.23. The third kappa shape index (κ3) is 2.22. The second-order valence-corrected chi connectivity index (χ2v) is 5.26. The van der Waals surface area contributed by atoms with E-state index in [-0.39, 0.29) is 5.78 Å². The van der Waals surface area contributed by atoms with E-state index in [4.69, 9.17) is 0 Å². The number of carbonyl (C=O) groups is 1. The summed E-state index contributed by atoms with van der Waals surface area (Å²) >= 11 is 0. The van der Waals surface area contributed by atoms with Gasteiger partial charge in [0, 0.05) is 41.3 Å². The zero-order valence-electron chi connectivity index (χ0n) is 11.4. The molecule has 1 N–H and O–H groups in total. The molecular formula is C16H18N2O. The topological polar surface area (TPSA) is 36.1 Å². The van der Waals surface area contributed by atoms with Gasteiger partial charge in [-0.15, -0.1) is 0 Å². The molecule has 3 rings (SSSR count). The molecule has 0 saturated heterocycles. The van der Waals surface area contributed by atoms with Crippen LogP contribution in [0.4, 0.5) is 0 Å². The van der Waals surface area contributed by atoms with Crippen LogP contribution >= 0.6 is 0 Å². The summed E-state index contributed by atoms with van der Waals surface area (Å²) in [4.78, 5) is 17.1. The Hall–Kier alpha value is -1.87. The predicted molar refractivity (Wildman–Crippen MR) is 78.4 cm³/mol. The quantitative estimate of drug-likeness (QED) is 0.836. The minimum absolute atomic E-state index is 0.117. The Labute approximate surface area is 112 Å². The molecule has 2 heterocycles. The van der Waals surface area contributed by atoms with Crippen molar-refractivity contribution in [3.8, 4) is 0 Å². The largest absolute Gasteiger partial charge is 0.361 e. The molecule has 3 heteroatoms. The van der Waals surface area contributed by atoms with E-state index in [9.17, 15) is 4.79 Å². The number of rotatable bonds is 2. The average Bonchev–Trinajstić information content (AvgIpc) is 2.82. The maximum atomic E-state index is 11.5. The molecule has 0 bridgehead atoms. The van der Waals surface area contributed by atoms with Crippen molar-refractivity contribution in [1.82, 2.24) is 9.88 Å². The molecule has 0 unspecified atom stereocenters. The number of carbonyl (C=O) groups excluding carboxylic acids is 1. The first-order valence-electron chi connectivity index (χ1n) is 6.65. The van der Waals surface area contributed by atoms with Crippen molar-refractivity contribution in [1.29, 1.82) is 0 Å². The highest BCUT2D eigenvalue weighted by Gasteiger charge is 2.14. The lowest BCUT2D eigenvalue weighted by Gasteiger charge is -2.21. The van der Waals surface area contributed by atoms with Crippen LogP contribution in [-0.4, -0.2) is 35.8 Å². The maximum absolute atomic E-state index is 11.5. The number of fused-ring (bicyclic) bond motifs is 1. The smallest absolute Gasteiger partial charge is 0.159 e. The van der Waals surface area contributed by atoms with Crippen LogP contribution in [0.5, 0.6) is 0 Å². The van der Waals surface area contributed by atoms with Gasteiger partial charge in [-0.1, -0.05) is 6.08 Å². The van der Waals surface area contributed by atoms with Crippen LogP contribution in [-0.2, 0) is 0 Å². The Bertz CT molecular complexity index is 666. The number of likely N-dealkylation sites (N-methyl/N-ethyl adjacent to an activating group) is 1. The average molecular weight is 254 g/mol. The summed E-state index contributed by atoms with van der Waals surface area (Å²) in [7, 11) is 2.14. The number of aromatic amines is 1. The normalized spacial score (nSPS) is 16.6. The Morgan fingerprint density at radius 1 is 1.37 bits per heavy atom. The third-order valence-corrected chi connectivity index (χ3v) is 3.85. The van der Waals surface area contributed by atoms with Crippen molar-refractivity contribution in [3.63, 3.8) is 0 Å². The number of Topliss-reactive ketones (excluding diaryl/α,β-unsaturated/α-hetero) is 1. The molecule has 0 atom stereocenters. The first-order chi connectivity index (χ1) is 9.15. The van der Waals surface area contributed by atoms with Crippen molar-refractivity contribution < 1.29 is 4.79 Å². The minimum Gasteiger partial charge on any atom is -0.361 e. The molecule has 2 aromatic rings. The van der Waals surface area contributed by atoms with Gasteiger partial charge in [-0.3, -0.25) is 4.79 Å². The molecule has 1 aromatic carbocycles. The van der Waals surface area contributed by atoms with E-state index in [0.717, 1.165) is 36.0 Å². The van der Waals surface area contributed by atoms with E-state index in [1.807, 2.05) is 18.2 Å². The number of nitrogens with zero attached hydrogens (tertiary/aromatic N) is 1. The maximum Gasteiger partial charge on any atom is 0.159 e. The van der Waals surface area contributed by atoms with Gasteiger partial charge < -0.3 is 9.88 Å². The Balaban J connectivity index is 2.09. The number of benzene rings is 1. The number of H-pyrrole nitrogens is 1. The Kier molecular flexibility index (Phi) is 2.99. The fourth-order valence-electron chi connectivity index (χ4n) is 2.62. The molecule has 0 amide bonds. The van der Waals surface area contributed by atoms with Gasteiger partial charge in [0.05, 0.1) is 0 Å². The summed E-state index contributed by atoms with van der Waals surface area (Å²) in [6.45, 7) is 3.70. The lowest BCUT2D eigenvalue weighted by atomic mass is 9.98. The fraction of sp³-hybridized carbons (Fsp3) is 0.312. The molecule has 3 nitrogen and oxygen atoms in total. The summed E-state index contributed by atoms with van der Waals surface area (Å²) in [6.07, 6.45) is 5.41. The summed E-state index contributed by atoms with van der Waals surface area (Å²) in [5, 5.41) is 1.16. The molecular weight excluding hydrogens is 236 g/mol. The van der Waals surface area contributed by atoms with Crippen LogP contribution in [0.1, 0.15) is 29.3 Å². The van der Waals surface area contributed by atoms with E-state index < -0.39 is 0 Å². The number of aromatic nitrogens is 1. The van der Waals surface area contributed by atoms with Gasteiger partial charge in [0.15, 0.2) is 5.78 Å². The van der Waals surface area contributed by atoms with Crippen molar-refractivity contribution in [3.05, 3.63) is 41.6 Å². The molecule has 98 valence electrons. The molecule has 0 saturated carbocycles. The van der Waals surface area contributed by atoms with Gasteiger partial charge in [0.25, 0.3) is 0 Å². The van der Waals surface area contributed by atoms with Crippen LogP contribution in [0, 0.1) is 0 Å². The van der Waals surface area contributed by atoms with Gasteiger partial charge in [0.2, 0.25) is 0 Å². The van der Waals surface area contributed by atoms with Crippen LogP contribution in [0.15, 0.2) is 30.5 Å². The second-order valence-electron chi connectivity index (χ2n) is 5.26. The summed E-state index contributed by atoms with van der Waals surface area (Å²) in [6, 6.07) is 5.88. The summed E-state index contributed by atoms with van der Waals surface area (Å²) in [5.41, 5.74) is 4.50. The Morgan fingerprint density at radius 2 is 2.21 bits per heavy atom. The fourth-order valence-corrected chi connectivity index (χ4v) is 2.62.